The van der Waals surface area contributed by atoms with Gasteiger partial charge in [0.25, 0.3) is 10.0 Å². The molecule has 8 nitrogen and oxygen atoms in total. The number of benzene rings is 2. The predicted molar refractivity (Wildman–Crippen MR) is 99.5 cm³/mol. The molecular weight excluding hydrogens is 368 g/mol. The number of rotatable bonds is 5. The van der Waals surface area contributed by atoms with Crippen molar-refractivity contribution < 1.29 is 17.9 Å². The number of hydrogen-bond acceptors (Lipinski definition) is 5. The molecule has 1 aliphatic rings. The zero-order valence-corrected chi connectivity index (χ0v) is 15.0. The molecule has 0 saturated carbocycles. The topological polar surface area (TPSA) is 93.5 Å². The number of nitrogens with zero attached hydrogens (tertiary/aromatic N) is 3. The van der Waals surface area contributed by atoms with Gasteiger partial charge in [-0.2, -0.15) is 5.10 Å². The lowest BCUT2D eigenvalue weighted by molar-refractivity contribution is 0.181. The monoisotopic (exact) mass is 384 g/mol. The Bertz CT molecular complexity index is 1080. The Labute approximate surface area is 156 Å². The molecular formula is C18H16N4O4S. The van der Waals surface area contributed by atoms with Crippen molar-refractivity contribution in [3.63, 3.8) is 0 Å². The third kappa shape index (κ3) is 3.49. The molecule has 1 fully saturated rings. The standard InChI is InChI=1S/C18H16N4O4S/c23-18-21(9-10-26-18)16-8-4-5-14(11-16)20-27(24,25)17-12-19-22(13-17)15-6-2-1-3-7-15/h1-8,11-13,20H,9-10H2. The van der Waals surface area contributed by atoms with Crippen LogP contribution >= 0.6 is 0 Å². The second-order valence-electron chi connectivity index (χ2n) is 5.88. The summed E-state index contributed by atoms with van der Waals surface area (Å²) in [6.45, 7) is 0.742. The molecule has 4 rings (SSSR count). The van der Waals surface area contributed by atoms with Crippen molar-refractivity contribution in [1.29, 1.82) is 0 Å². The van der Waals surface area contributed by atoms with Gasteiger partial charge in [-0.3, -0.25) is 9.62 Å². The molecule has 1 amide bonds. The predicted octanol–water partition coefficient (Wildman–Crippen LogP) is 2.63. The number of ether oxygens (including phenoxy) is 1. The lowest BCUT2D eigenvalue weighted by Crippen LogP contribution is -2.23. The Hall–Kier alpha value is -3.33. The molecule has 0 atom stereocenters. The van der Waals surface area contributed by atoms with E-state index in [0.717, 1.165) is 5.69 Å². The Morgan fingerprint density at radius 2 is 1.81 bits per heavy atom. The first-order chi connectivity index (χ1) is 13.0. The van der Waals surface area contributed by atoms with Crippen LogP contribution in [0.25, 0.3) is 5.69 Å². The molecule has 0 spiro atoms. The fourth-order valence-corrected chi connectivity index (χ4v) is 3.73. The molecule has 0 aliphatic carbocycles. The summed E-state index contributed by atoms with van der Waals surface area (Å²) in [5, 5.41) is 4.11. The van der Waals surface area contributed by atoms with E-state index in [1.54, 1.807) is 24.3 Å². The van der Waals surface area contributed by atoms with Crippen LogP contribution < -0.4 is 9.62 Å². The van der Waals surface area contributed by atoms with E-state index in [4.69, 9.17) is 4.74 Å². The summed E-state index contributed by atoms with van der Waals surface area (Å²) in [5.41, 5.74) is 1.67. The van der Waals surface area contributed by atoms with Crippen LogP contribution in [0.1, 0.15) is 0 Å². The highest BCUT2D eigenvalue weighted by Crippen LogP contribution is 2.24. The van der Waals surface area contributed by atoms with Crippen LogP contribution in [-0.2, 0) is 14.8 Å². The number of hydrogen-bond donors (Lipinski definition) is 1. The van der Waals surface area contributed by atoms with Crippen molar-refractivity contribution in [3.05, 3.63) is 67.0 Å². The summed E-state index contributed by atoms with van der Waals surface area (Å²) in [4.78, 5) is 13.2. The van der Waals surface area contributed by atoms with Gasteiger partial charge in [-0.15, -0.1) is 0 Å². The number of amides is 1. The van der Waals surface area contributed by atoms with E-state index in [9.17, 15) is 13.2 Å². The van der Waals surface area contributed by atoms with Crippen LogP contribution in [0.3, 0.4) is 0 Å². The van der Waals surface area contributed by atoms with Crippen LogP contribution in [0.5, 0.6) is 0 Å². The van der Waals surface area contributed by atoms with Crippen molar-refractivity contribution in [2.24, 2.45) is 0 Å². The van der Waals surface area contributed by atoms with Gasteiger partial charge in [-0.05, 0) is 30.3 Å². The maximum atomic E-state index is 12.7. The van der Waals surface area contributed by atoms with Crippen molar-refractivity contribution >= 4 is 27.5 Å². The van der Waals surface area contributed by atoms with E-state index in [-0.39, 0.29) is 4.90 Å². The lowest BCUT2D eigenvalue weighted by Gasteiger charge is -2.14. The minimum Gasteiger partial charge on any atom is -0.447 e. The van der Waals surface area contributed by atoms with Crippen molar-refractivity contribution in [1.82, 2.24) is 9.78 Å². The zero-order chi connectivity index (χ0) is 18.9. The maximum absolute atomic E-state index is 12.7. The minimum atomic E-state index is -3.82. The molecule has 9 heteroatoms. The average Bonchev–Trinajstić information content (AvgIpc) is 3.32. The van der Waals surface area contributed by atoms with Crippen LogP contribution in [0.4, 0.5) is 16.2 Å². The molecule has 3 aromatic rings. The highest BCUT2D eigenvalue weighted by Gasteiger charge is 2.24. The lowest BCUT2D eigenvalue weighted by atomic mass is 10.2. The van der Waals surface area contributed by atoms with Crippen molar-refractivity contribution in [2.45, 2.75) is 4.90 Å². The average molecular weight is 384 g/mol. The summed E-state index contributed by atoms with van der Waals surface area (Å²) in [6, 6.07) is 15.8. The fourth-order valence-electron chi connectivity index (χ4n) is 2.75. The first-order valence-electron chi connectivity index (χ1n) is 8.20. The summed E-state index contributed by atoms with van der Waals surface area (Å²) in [7, 11) is -3.82. The van der Waals surface area contributed by atoms with Gasteiger partial charge >= 0.3 is 6.09 Å². The zero-order valence-electron chi connectivity index (χ0n) is 14.1. The van der Waals surface area contributed by atoms with Crippen LogP contribution in [-0.4, -0.2) is 37.4 Å². The molecule has 1 N–H and O–H groups in total. The van der Waals surface area contributed by atoms with Gasteiger partial charge in [0.1, 0.15) is 11.5 Å². The summed E-state index contributed by atoms with van der Waals surface area (Å²) in [5.74, 6) is 0. The molecule has 1 saturated heterocycles. The molecule has 1 aromatic heterocycles. The summed E-state index contributed by atoms with van der Waals surface area (Å²) in [6.07, 6.45) is 2.29. The number of sulfonamides is 1. The smallest absolute Gasteiger partial charge is 0.414 e. The van der Waals surface area contributed by atoms with E-state index in [0.29, 0.717) is 24.5 Å². The number of anilines is 2. The van der Waals surface area contributed by atoms with Gasteiger partial charge in [0.15, 0.2) is 0 Å². The van der Waals surface area contributed by atoms with E-state index < -0.39 is 16.1 Å². The number of nitrogens with one attached hydrogen (secondary N) is 1. The number of carbonyl (C=O) groups excluding carboxylic acids is 1. The second kappa shape index (κ2) is 6.76. The molecule has 0 unspecified atom stereocenters. The third-order valence-electron chi connectivity index (χ3n) is 4.06. The van der Waals surface area contributed by atoms with Crippen LogP contribution in [0.2, 0.25) is 0 Å². The molecule has 27 heavy (non-hydrogen) atoms. The highest BCUT2D eigenvalue weighted by molar-refractivity contribution is 7.92. The van der Waals surface area contributed by atoms with Gasteiger partial charge in [0.05, 0.1) is 30.3 Å². The van der Waals surface area contributed by atoms with Crippen LogP contribution in [0.15, 0.2) is 71.9 Å². The Morgan fingerprint density at radius 1 is 1.04 bits per heavy atom. The third-order valence-corrected chi connectivity index (χ3v) is 5.40. The molecule has 2 heterocycles. The van der Waals surface area contributed by atoms with Crippen molar-refractivity contribution in [3.8, 4) is 5.69 Å². The molecule has 2 aromatic carbocycles. The van der Waals surface area contributed by atoms with E-state index in [2.05, 4.69) is 9.82 Å². The SMILES string of the molecule is O=C1OCCN1c1cccc(NS(=O)(=O)c2cnn(-c3ccccc3)c2)c1. The van der Waals surface area contributed by atoms with Gasteiger partial charge < -0.3 is 4.74 Å². The van der Waals surface area contributed by atoms with Gasteiger partial charge in [-0.1, -0.05) is 24.3 Å². The first-order valence-corrected chi connectivity index (χ1v) is 9.68. The quantitative estimate of drug-likeness (QED) is 0.730. The fraction of sp³-hybridized carbons (Fsp3) is 0.111. The molecule has 1 aliphatic heterocycles. The van der Waals surface area contributed by atoms with Crippen molar-refractivity contribution in [2.75, 3.05) is 22.8 Å². The Balaban J connectivity index is 1.57. The Morgan fingerprint density at radius 3 is 2.56 bits per heavy atom. The Kier molecular flexibility index (Phi) is 4.28. The number of aromatic nitrogens is 2. The first kappa shape index (κ1) is 17.1. The summed E-state index contributed by atoms with van der Waals surface area (Å²) >= 11 is 0. The van der Waals surface area contributed by atoms with E-state index in [1.165, 1.54) is 22.0 Å². The largest absolute Gasteiger partial charge is 0.447 e. The minimum absolute atomic E-state index is 0.0392. The summed E-state index contributed by atoms with van der Waals surface area (Å²) < 4.78 is 34.3. The van der Waals surface area contributed by atoms with Gasteiger partial charge in [0.2, 0.25) is 0 Å². The number of para-hydroxylation sites is 1. The molecule has 0 radical (unpaired) electrons. The van der Waals surface area contributed by atoms with Gasteiger partial charge in [-0.25, -0.2) is 17.9 Å². The second-order valence-corrected chi connectivity index (χ2v) is 7.56. The maximum Gasteiger partial charge on any atom is 0.414 e. The highest BCUT2D eigenvalue weighted by atomic mass is 32.2. The number of carbonyl (C=O) groups is 1. The van der Waals surface area contributed by atoms with Crippen LogP contribution in [0, 0.1) is 0 Å². The van der Waals surface area contributed by atoms with E-state index >= 15 is 0 Å². The van der Waals surface area contributed by atoms with E-state index in [1.807, 2.05) is 30.3 Å². The number of cyclic esters (lactones) is 1. The molecule has 138 valence electrons. The normalized spacial score (nSPS) is 14.2. The molecule has 0 bridgehead atoms. The van der Waals surface area contributed by atoms with Gasteiger partial charge in [0, 0.05) is 5.69 Å².